The summed E-state index contributed by atoms with van der Waals surface area (Å²) < 4.78 is 2.12. The maximum atomic E-state index is 12.6. The number of aryl methyl sites for hydroxylation is 1. The van der Waals surface area contributed by atoms with Crippen molar-refractivity contribution >= 4 is 46.0 Å². The van der Waals surface area contributed by atoms with Gasteiger partial charge in [0.05, 0.1) is 28.2 Å². The van der Waals surface area contributed by atoms with Crippen molar-refractivity contribution in [2.24, 2.45) is 0 Å². The predicted molar refractivity (Wildman–Crippen MR) is 113 cm³/mol. The van der Waals surface area contributed by atoms with E-state index in [0.717, 1.165) is 34.8 Å². The second kappa shape index (κ2) is 8.06. The van der Waals surface area contributed by atoms with Gasteiger partial charge in [0.2, 0.25) is 11.8 Å². The lowest BCUT2D eigenvalue weighted by molar-refractivity contribution is -0.117. The molecule has 0 unspecified atom stereocenters. The monoisotopic (exact) mass is 394 g/mol. The van der Waals surface area contributed by atoms with Crippen LogP contribution in [0.3, 0.4) is 0 Å². The first-order chi connectivity index (χ1) is 13.7. The molecule has 144 valence electrons. The molecule has 1 aromatic heterocycles. The third kappa shape index (κ3) is 3.62. The summed E-state index contributed by atoms with van der Waals surface area (Å²) in [7, 11) is 0. The number of anilines is 2. The van der Waals surface area contributed by atoms with Gasteiger partial charge in [0.1, 0.15) is 0 Å². The maximum absolute atomic E-state index is 12.6. The van der Waals surface area contributed by atoms with Crippen molar-refractivity contribution in [3.63, 3.8) is 0 Å². The number of hydrogen-bond donors (Lipinski definition) is 1. The van der Waals surface area contributed by atoms with Gasteiger partial charge in [-0.25, -0.2) is 4.98 Å². The van der Waals surface area contributed by atoms with Gasteiger partial charge in [0.15, 0.2) is 5.16 Å². The Hall–Kier alpha value is -2.80. The van der Waals surface area contributed by atoms with Gasteiger partial charge in [0.25, 0.3) is 0 Å². The molecule has 0 aliphatic carbocycles. The Labute approximate surface area is 167 Å². The Balaban J connectivity index is 1.47. The lowest BCUT2D eigenvalue weighted by atomic mass is 10.2. The molecule has 1 aliphatic heterocycles. The smallest absolute Gasteiger partial charge is 0.234 e. The third-order valence-corrected chi connectivity index (χ3v) is 5.79. The number of para-hydroxylation sites is 4. The van der Waals surface area contributed by atoms with E-state index in [-0.39, 0.29) is 17.6 Å². The second-order valence-corrected chi connectivity index (χ2v) is 7.57. The number of amides is 2. The number of carbonyl (C=O) groups is 2. The van der Waals surface area contributed by atoms with Crippen molar-refractivity contribution in [3.05, 3.63) is 48.5 Å². The molecular formula is C21H22N4O2S. The summed E-state index contributed by atoms with van der Waals surface area (Å²) in [6.07, 6.45) is 1.41. The molecule has 1 saturated heterocycles. The molecule has 1 fully saturated rings. The van der Waals surface area contributed by atoms with Crippen molar-refractivity contribution in [2.45, 2.75) is 31.5 Å². The fraction of sp³-hybridized carbons (Fsp3) is 0.286. The fourth-order valence-electron chi connectivity index (χ4n) is 3.50. The quantitative estimate of drug-likeness (QED) is 0.644. The van der Waals surface area contributed by atoms with Crippen LogP contribution in [-0.4, -0.2) is 33.7 Å². The van der Waals surface area contributed by atoms with Crippen molar-refractivity contribution < 1.29 is 9.59 Å². The highest BCUT2D eigenvalue weighted by Gasteiger charge is 2.24. The van der Waals surface area contributed by atoms with E-state index in [9.17, 15) is 9.59 Å². The van der Waals surface area contributed by atoms with E-state index in [1.54, 1.807) is 4.90 Å². The number of benzene rings is 2. The van der Waals surface area contributed by atoms with Gasteiger partial charge in [-0.3, -0.25) is 9.59 Å². The minimum atomic E-state index is -0.112. The highest BCUT2D eigenvalue weighted by Crippen LogP contribution is 2.30. The summed E-state index contributed by atoms with van der Waals surface area (Å²) in [6, 6.07) is 15.4. The number of aromatic nitrogens is 2. The Morgan fingerprint density at radius 3 is 2.75 bits per heavy atom. The number of nitrogens with zero attached hydrogens (tertiary/aromatic N) is 3. The topological polar surface area (TPSA) is 67.2 Å². The van der Waals surface area contributed by atoms with Crippen LogP contribution in [0.5, 0.6) is 0 Å². The van der Waals surface area contributed by atoms with Crippen LogP contribution in [0, 0.1) is 0 Å². The largest absolute Gasteiger partial charge is 0.324 e. The molecule has 2 aromatic carbocycles. The first-order valence-electron chi connectivity index (χ1n) is 9.44. The number of thioether (sulfide) groups is 1. The van der Waals surface area contributed by atoms with Gasteiger partial charge in [-0.05, 0) is 37.6 Å². The summed E-state index contributed by atoms with van der Waals surface area (Å²) >= 11 is 1.42. The number of imidazole rings is 1. The standard InChI is InChI=1S/C21H22N4O2S/c1-2-24-17-10-5-4-9-16(17)23-21(24)28-14-19(26)22-15-8-3-6-11-18(15)25-13-7-12-20(25)27/h3-6,8-11H,2,7,12-14H2,1H3,(H,22,26). The molecule has 2 amide bonds. The predicted octanol–water partition coefficient (Wildman–Crippen LogP) is 3.91. The van der Waals surface area contributed by atoms with E-state index in [4.69, 9.17) is 0 Å². The minimum Gasteiger partial charge on any atom is -0.324 e. The SMILES string of the molecule is CCn1c(SCC(=O)Nc2ccccc2N2CCCC2=O)nc2ccccc21. The molecule has 4 rings (SSSR count). The average Bonchev–Trinajstić information content (AvgIpc) is 3.29. The van der Waals surface area contributed by atoms with E-state index >= 15 is 0 Å². The Kier molecular flexibility index (Phi) is 5.34. The van der Waals surface area contributed by atoms with Crippen LogP contribution in [0.2, 0.25) is 0 Å². The number of carbonyl (C=O) groups excluding carboxylic acids is 2. The number of fused-ring (bicyclic) bond motifs is 1. The van der Waals surface area contributed by atoms with Crippen LogP contribution in [0.4, 0.5) is 11.4 Å². The molecule has 0 bridgehead atoms. The highest BCUT2D eigenvalue weighted by molar-refractivity contribution is 7.99. The van der Waals surface area contributed by atoms with Crippen LogP contribution in [0.25, 0.3) is 11.0 Å². The summed E-state index contributed by atoms with van der Waals surface area (Å²) in [5, 5.41) is 3.79. The van der Waals surface area contributed by atoms with Crippen LogP contribution >= 0.6 is 11.8 Å². The van der Waals surface area contributed by atoms with Crippen molar-refractivity contribution in [2.75, 3.05) is 22.5 Å². The summed E-state index contributed by atoms with van der Waals surface area (Å²) in [5.41, 5.74) is 3.45. The average molecular weight is 395 g/mol. The normalized spacial score (nSPS) is 14.0. The molecule has 6 nitrogen and oxygen atoms in total. The Bertz CT molecular complexity index is 1030. The molecule has 0 atom stereocenters. The molecule has 1 N–H and O–H groups in total. The minimum absolute atomic E-state index is 0.104. The maximum Gasteiger partial charge on any atom is 0.234 e. The molecule has 28 heavy (non-hydrogen) atoms. The zero-order valence-corrected chi connectivity index (χ0v) is 16.5. The van der Waals surface area contributed by atoms with E-state index in [1.807, 2.05) is 48.5 Å². The van der Waals surface area contributed by atoms with Gasteiger partial charge in [-0.15, -0.1) is 0 Å². The van der Waals surface area contributed by atoms with E-state index < -0.39 is 0 Å². The van der Waals surface area contributed by atoms with Gasteiger partial charge < -0.3 is 14.8 Å². The summed E-state index contributed by atoms with van der Waals surface area (Å²) in [4.78, 5) is 31.0. The zero-order chi connectivity index (χ0) is 19.5. The molecular weight excluding hydrogens is 372 g/mol. The van der Waals surface area contributed by atoms with Crippen LogP contribution in [0.15, 0.2) is 53.7 Å². The molecule has 3 aromatic rings. The Morgan fingerprint density at radius 2 is 1.96 bits per heavy atom. The van der Waals surface area contributed by atoms with Gasteiger partial charge in [-0.2, -0.15) is 0 Å². The van der Waals surface area contributed by atoms with E-state index in [2.05, 4.69) is 21.8 Å². The fourth-order valence-corrected chi connectivity index (χ4v) is 4.38. The third-order valence-electron chi connectivity index (χ3n) is 4.81. The van der Waals surface area contributed by atoms with Gasteiger partial charge in [0, 0.05) is 19.5 Å². The van der Waals surface area contributed by atoms with Crippen LogP contribution < -0.4 is 10.2 Å². The number of rotatable bonds is 6. The molecule has 0 spiro atoms. The van der Waals surface area contributed by atoms with E-state index in [1.165, 1.54) is 11.8 Å². The lowest BCUT2D eigenvalue weighted by Crippen LogP contribution is -2.26. The number of nitrogens with one attached hydrogen (secondary N) is 1. The molecule has 0 saturated carbocycles. The van der Waals surface area contributed by atoms with E-state index in [0.29, 0.717) is 18.7 Å². The van der Waals surface area contributed by atoms with Crippen molar-refractivity contribution in [1.29, 1.82) is 0 Å². The van der Waals surface area contributed by atoms with Crippen LogP contribution in [0.1, 0.15) is 19.8 Å². The lowest BCUT2D eigenvalue weighted by Gasteiger charge is -2.19. The molecule has 0 radical (unpaired) electrons. The van der Waals surface area contributed by atoms with Gasteiger partial charge in [-0.1, -0.05) is 36.0 Å². The first kappa shape index (κ1) is 18.6. The first-order valence-corrected chi connectivity index (χ1v) is 10.4. The molecule has 2 heterocycles. The molecule has 7 heteroatoms. The van der Waals surface area contributed by atoms with Crippen molar-refractivity contribution in [1.82, 2.24) is 9.55 Å². The highest BCUT2D eigenvalue weighted by atomic mass is 32.2. The second-order valence-electron chi connectivity index (χ2n) is 6.63. The Morgan fingerprint density at radius 1 is 1.18 bits per heavy atom. The number of hydrogen-bond acceptors (Lipinski definition) is 4. The molecule has 1 aliphatic rings. The summed E-state index contributed by atoms with van der Waals surface area (Å²) in [6.45, 7) is 3.56. The zero-order valence-electron chi connectivity index (χ0n) is 15.7. The summed E-state index contributed by atoms with van der Waals surface area (Å²) in [5.74, 6) is 0.248. The van der Waals surface area contributed by atoms with Crippen LogP contribution in [-0.2, 0) is 16.1 Å². The van der Waals surface area contributed by atoms with Crippen molar-refractivity contribution in [3.8, 4) is 0 Å². The van der Waals surface area contributed by atoms with Gasteiger partial charge >= 0.3 is 0 Å².